The van der Waals surface area contributed by atoms with Crippen molar-refractivity contribution in [1.29, 1.82) is 0 Å². The number of carbonyl (C=O) groups excluding carboxylic acids is 1. The topological polar surface area (TPSA) is 32.3 Å². The molecule has 1 amide bonds. The molecule has 4 heteroatoms. The zero-order chi connectivity index (χ0) is 15.2. The van der Waals surface area contributed by atoms with Crippen LogP contribution in [-0.2, 0) is 4.79 Å². The van der Waals surface area contributed by atoms with Gasteiger partial charge in [-0.3, -0.25) is 4.79 Å². The molecule has 1 fully saturated rings. The summed E-state index contributed by atoms with van der Waals surface area (Å²) in [7, 11) is 0. The Kier molecular flexibility index (Phi) is 6.24. The predicted octanol–water partition coefficient (Wildman–Crippen LogP) is 3.89. The number of nitrogens with one attached hydrogen (secondary N) is 1. The van der Waals surface area contributed by atoms with Gasteiger partial charge in [0.25, 0.3) is 0 Å². The maximum atomic E-state index is 12.9. The summed E-state index contributed by atoms with van der Waals surface area (Å²) in [6, 6.07) is 8.27. The average Bonchev–Trinajstić information content (AvgIpc) is 2.52. The van der Waals surface area contributed by atoms with E-state index in [0.717, 1.165) is 36.8 Å². The molecule has 2 atom stereocenters. The van der Waals surface area contributed by atoms with Crippen molar-refractivity contribution in [2.75, 3.05) is 13.1 Å². The standard InChI is InChI=1S/C17H25BrN2O/c1-3-12-20(17(21)16-10-6-7-11-19-16)13(2)14-8-4-5-9-15(14)18/h4-5,8-9,13,16,19H,3,6-7,10-12H2,1-2H3/t13?,16-/m0/s1. The van der Waals surface area contributed by atoms with Crippen molar-refractivity contribution in [2.45, 2.75) is 51.6 Å². The van der Waals surface area contributed by atoms with Crippen LogP contribution >= 0.6 is 15.9 Å². The van der Waals surface area contributed by atoms with Crippen LogP contribution in [0.3, 0.4) is 0 Å². The molecule has 1 N–H and O–H groups in total. The molecule has 0 saturated carbocycles. The van der Waals surface area contributed by atoms with E-state index in [-0.39, 0.29) is 18.0 Å². The highest BCUT2D eigenvalue weighted by molar-refractivity contribution is 9.10. The van der Waals surface area contributed by atoms with Crippen molar-refractivity contribution in [1.82, 2.24) is 10.2 Å². The zero-order valence-electron chi connectivity index (χ0n) is 12.9. The molecular weight excluding hydrogens is 328 g/mol. The molecule has 21 heavy (non-hydrogen) atoms. The largest absolute Gasteiger partial charge is 0.335 e. The van der Waals surface area contributed by atoms with Gasteiger partial charge in [0.05, 0.1) is 12.1 Å². The molecular formula is C17H25BrN2O. The van der Waals surface area contributed by atoms with E-state index >= 15 is 0 Å². The summed E-state index contributed by atoms with van der Waals surface area (Å²) in [5, 5.41) is 3.38. The third-order valence-corrected chi connectivity index (χ3v) is 4.90. The van der Waals surface area contributed by atoms with Crippen LogP contribution in [0.5, 0.6) is 0 Å². The molecule has 0 radical (unpaired) electrons. The van der Waals surface area contributed by atoms with Crippen molar-refractivity contribution >= 4 is 21.8 Å². The maximum absolute atomic E-state index is 12.9. The van der Waals surface area contributed by atoms with Crippen LogP contribution in [0.25, 0.3) is 0 Å². The lowest BCUT2D eigenvalue weighted by Crippen LogP contribution is -2.49. The number of rotatable bonds is 5. The Morgan fingerprint density at radius 2 is 2.19 bits per heavy atom. The maximum Gasteiger partial charge on any atom is 0.240 e. The Morgan fingerprint density at radius 3 is 2.81 bits per heavy atom. The van der Waals surface area contributed by atoms with Gasteiger partial charge < -0.3 is 10.2 Å². The third kappa shape index (κ3) is 4.07. The number of piperidine rings is 1. The molecule has 0 spiro atoms. The minimum atomic E-state index is -0.00441. The molecule has 0 aliphatic carbocycles. The summed E-state index contributed by atoms with van der Waals surface area (Å²) >= 11 is 3.61. The molecule has 1 aromatic rings. The highest BCUT2D eigenvalue weighted by Crippen LogP contribution is 2.28. The minimum Gasteiger partial charge on any atom is -0.335 e. The summed E-state index contributed by atoms with van der Waals surface area (Å²) in [6.07, 6.45) is 4.26. The molecule has 1 aliphatic heterocycles. The summed E-state index contributed by atoms with van der Waals surface area (Å²) < 4.78 is 1.07. The van der Waals surface area contributed by atoms with Crippen LogP contribution in [0.1, 0.15) is 51.1 Å². The van der Waals surface area contributed by atoms with Gasteiger partial charge in [0, 0.05) is 11.0 Å². The molecule has 0 bridgehead atoms. The lowest BCUT2D eigenvalue weighted by molar-refractivity contribution is -0.136. The Bertz CT molecular complexity index is 472. The first kappa shape index (κ1) is 16.5. The number of nitrogens with zero attached hydrogens (tertiary/aromatic N) is 1. The number of halogens is 1. The Labute approximate surface area is 136 Å². The number of amides is 1. The van der Waals surface area contributed by atoms with Gasteiger partial charge in [-0.15, -0.1) is 0 Å². The SMILES string of the molecule is CCCN(C(=O)[C@@H]1CCCCN1)C(C)c1ccccc1Br. The van der Waals surface area contributed by atoms with Crippen LogP contribution in [0.4, 0.5) is 0 Å². The van der Waals surface area contributed by atoms with Crippen molar-refractivity contribution in [2.24, 2.45) is 0 Å². The average molecular weight is 353 g/mol. The number of hydrogen-bond donors (Lipinski definition) is 1. The molecule has 1 aromatic carbocycles. The molecule has 0 aromatic heterocycles. The highest BCUT2D eigenvalue weighted by Gasteiger charge is 2.29. The van der Waals surface area contributed by atoms with Gasteiger partial charge in [-0.2, -0.15) is 0 Å². The molecule has 2 rings (SSSR count). The molecule has 1 heterocycles. The molecule has 1 unspecified atom stereocenters. The Hall–Kier alpha value is -0.870. The Balaban J connectivity index is 2.17. The third-order valence-electron chi connectivity index (χ3n) is 4.18. The molecule has 1 aliphatic rings. The normalized spacial score (nSPS) is 20.0. The van der Waals surface area contributed by atoms with Gasteiger partial charge in [-0.05, 0) is 44.4 Å². The second kappa shape index (κ2) is 7.95. The summed E-state index contributed by atoms with van der Waals surface area (Å²) in [5.74, 6) is 0.250. The van der Waals surface area contributed by atoms with Gasteiger partial charge in [0.2, 0.25) is 5.91 Å². The molecule has 1 saturated heterocycles. The van der Waals surface area contributed by atoms with Crippen molar-refractivity contribution in [3.63, 3.8) is 0 Å². The fourth-order valence-corrected chi connectivity index (χ4v) is 3.60. The first-order valence-corrected chi connectivity index (χ1v) is 8.72. The predicted molar refractivity (Wildman–Crippen MR) is 90.2 cm³/mol. The highest BCUT2D eigenvalue weighted by atomic mass is 79.9. The van der Waals surface area contributed by atoms with Crippen molar-refractivity contribution < 1.29 is 4.79 Å². The monoisotopic (exact) mass is 352 g/mol. The van der Waals surface area contributed by atoms with Crippen LogP contribution in [0, 0.1) is 0 Å². The van der Waals surface area contributed by atoms with Crippen LogP contribution < -0.4 is 5.32 Å². The molecule has 3 nitrogen and oxygen atoms in total. The number of hydrogen-bond acceptors (Lipinski definition) is 2. The Morgan fingerprint density at radius 1 is 1.43 bits per heavy atom. The lowest BCUT2D eigenvalue weighted by atomic mass is 10.0. The molecule has 116 valence electrons. The number of benzene rings is 1. The smallest absolute Gasteiger partial charge is 0.240 e. The van der Waals surface area contributed by atoms with Crippen molar-refractivity contribution in [3.8, 4) is 0 Å². The second-order valence-electron chi connectivity index (χ2n) is 5.73. The fourth-order valence-electron chi connectivity index (χ4n) is 2.98. The van der Waals surface area contributed by atoms with Crippen LogP contribution in [-0.4, -0.2) is 29.9 Å². The quantitative estimate of drug-likeness (QED) is 0.871. The van der Waals surface area contributed by atoms with E-state index in [9.17, 15) is 4.79 Å². The van der Waals surface area contributed by atoms with Gasteiger partial charge in [-0.25, -0.2) is 0 Å². The lowest BCUT2D eigenvalue weighted by Gasteiger charge is -2.34. The van der Waals surface area contributed by atoms with E-state index < -0.39 is 0 Å². The second-order valence-corrected chi connectivity index (χ2v) is 6.59. The van der Waals surface area contributed by atoms with E-state index in [0.29, 0.717) is 0 Å². The first-order chi connectivity index (χ1) is 10.1. The van der Waals surface area contributed by atoms with Gasteiger partial charge in [-0.1, -0.05) is 47.5 Å². The van der Waals surface area contributed by atoms with Crippen molar-refractivity contribution in [3.05, 3.63) is 34.3 Å². The van der Waals surface area contributed by atoms with E-state index in [1.807, 2.05) is 23.1 Å². The summed E-state index contributed by atoms with van der Waals surface area (Å²) in [6.45, 7) is 6.01. The van der Waals surface area contributed by atoms with Gasteiger partial charge in [0.15, 0.2) is 0 Å². The van der Waals surface area contributed by atoms with Crippen LogP contribution in [0.15, 0.2) is 28.7 Å². The van der Waals surface area contributed by atoms with Gasteiger partial charge >= 0.3 is 0 Å². The van der Waals surface area contributed by atoms with E-state index in [1.54, 1.807) is 0 Å². The van der Waals surface area contributed by atoms with Crippen LogP contribution in [0.2, 0.25) is 0 Å². The van der Waals surface area contributed by atoms with E-state index in [1.165, 1.54) is 12.0 Å². The fraction of sp³-hybridized carbons (Fsp3) is 0.588. The number of carbonyl (C=O) groups is 1. The minimum absolute atomic E-state index is 0.00441. The van der Waals surface area contributed by atoms with E-state index in [4.69, 9.17) is 0 Å². The first-order valence-electron chi connectivity index (χ1n) is 7.93. The van der Waals surface area contributed by atoms with Gasteiger partial charge in [0.1, 0.15) is 0 Å². The van der Waals surface area contributed by atoms with E-state index in [2.05, 4.69) is 41.2 Å². The summed E-state index contributed by atoms with van der Waals surface area (Å²) in [4.78, 5) is 14.9. The zero-order valence-corrected chi connectivity index (χ0v) is 14.5. The summed E-state index contributed by atoms with van der Waals surface area (Å²) in [5.41, 5.74) is 1.18.